The van der Waals surface area contributed by atoms with Gasteiger partial charge in [-0.3, -0.25) is 0 Å². The van der Waals surface area contributed by atoms with Crippen LogP contribution in [0.2, 0.25) is 0 Å². The summed E-state index contributed by atoms with van der Waals surface area (Å²) in [5.74, 6) is -1.87. The molecule has 1 fully saturated rings. The number of benzene rings is 2. The third-order valence-electron chi connectivity index (χ3n) is 6.78. The molecule has 10 nitrogen and oxygen atoms in total. The Bertz CT molecular complexity index is 1560. The van der Waals surface area contributed by atoms with E-state index in [1.165, 1.54) is 26.2 Å². The van der Waals surface area contributed by atoms with Crippen molar-refractivity contribution in [2.75, 3.05) is 43.4 Å². The van der Waals surface area contributed by atoms with Crippen LogP contribution in [0.5, 0.6) is 11.6 Å². The summed E-state index contributed by atoms with van der Waals surface area (Å²) >= 11 is 0. The van der Waals surface area contributed by atoms with E-state index in [-0.39, 0.29) is 52.0 Å². The Labute approximate surface area is 241 Å². The normalized spacial score (nSPS) is 14.2. The molecule has 4 N–H and O–H groups in total. The zero-order valence-corrected chi connectivity index (χ0v) is 23.8. The van der Waals surface area contributed by atoms with Crippen molar-refractivity contribution in [2.24, 2.45) is 10.9 Å². The molecular weight excluding hydrogens is 549 g/mol. The summed E-state index contributed by atoms with van der Waals surface area (Å²) in [6.07, 6.45) is 1.22. The van der Waals surface area contributed by atoms with E-state index >= 15 is 4.39 Å². The number of nitrogens with zero attached hydrogens (tertiary/aromatic N) is 5. The predicted molar refractivity (Wildman–Crippen MR) is 158 cm³/mol. The Morgan fingerprint density at radius 3 is 2.40 bits per heavy atom. The van der Waals surface area contributed by atoms with Crippen LogP contribution >= 0.6 is 0 Å². The number of allylic oxidation sites excluding steroid dienone is 2. The minimum Gasteiger partial charge on any atom is -0.435 e. The van der Waals surface area contributed by atoms with Crippen molar-refractivity contribution in [3.05, 3.63) is 82.0 Å². The van der Waals surface area contributed by atoms with E-state index in [2.05, 4.69) is 42.3 Å². The van der Waals surface area contributed by atoms with Crippen LogP contribution in [0.4, 0.5) is 30.4 Å². The summed E-state index contributed by atoms with van der Waals surface area (Å²) in [6, 6.07) is 10.3. The fraction of sp³-hybridized carbons (Fsp3) is 0.310. The summed E-state index contributed by atoms with van der Waals surface area (Å²) in [4.78, 5) is 26.9. The molecule has 0 spiro atoms. The third kappa shape index (κ3) is 7.16. The lowest BCUT2D eigenvalue weighted by Gasteiger charge is -2.34. The fourth-order valence-electron chi connectivity index (χ4n) is 4.27. The van der Waals surface area contributed by atoms with E-state index in [0.29, 0.717) is 5.69 Å². The molecule has 42 heavy (non-hydrogen) atoms. The SMILES string of the molecule is C/C(N)=C(\C)F.Cc1cc2c(F)c(Oc3ncnc(Nc4ccc(N5CCN(C)CC5)cc4)c3CN=O)cc(F)c2[nH]1. The number of aromatic amines is 1. The molecule has 0 bridgehead atoms. The second-order valence-corrected chi connectivity index (χ2v) is 9.99. The van der Waals surface area contributed by atoms with Gasteiger partial charge >= 0.3 is 0 Å². The van der Waals surface area contributed by atoms with Crippen molar-refractivity contribution in [3.63, 3.8) is 0 Å². The minimum absolute atomic E-state index is 0.0530. The Morgan fingerprint density at radius 1 is 1.12 bits per heavy atom. The van der Waals surface area contributed by atoms with E-state index < -0.39 is 11.6 Å². The lowest BCUT2D eigenvalue weighted by molar-refractivity contribution is 0.313. The molecule has 0 unspecified atom stereocenters. The fourth-order valence-corrected chi connectivity index (χ4v) is 4.27. The van der Waals surface area contributed by atoms with Gasteiger partial charge in [-0.15, -0.1) is 0 Å². The number of H-pyrrole nitrogens is 1. The van der Waals surface area contributed by atoms with Gasteiger partial charge in [0.2, 0.25) is 5.88 Å². The summed E-state index contributed by atoms with van der Waals surface area (Å²) in [5, 5.41) is 6.16. The molecule has 3 heterocycles. The lowest BCUT2D eigenvalue weighted by atomic mass is 10.2. The van der Waals surface area contributed by atoms with E-state index in [9.17, 15) is 13.7 Å². The number of likely N-dealkylation sites (N-methyl/N-ethyl adjacent to an activating group) is 1. The number of anilines is 3. The van der Waals surface area contributed by atoms with Crippen molar-refractivity contribution < 1.29 is 17.9 Å². The maximum Gasteiger partial charge on any atom is 0.229 e. The van der Waals surface area contributed by atoms with E-state index in [1.54, 1.807) is 6.92 Å². The van der Waals surface area contributed by atoms with Gasteiger partial charge in [-0.25, -0.2) is 23.1 Å². The molecule has 5 rings (SSSR count). The minimum atomic E-state index is -0.742. The van der Waals surface area contributed by atoms with Gasteiger partial charge in [0, 0.05) is 60.4 Å². The highest BCUT2D eigenvalue weighted by atomic mass is 19.1. The highest BCUT2D eigenvalue weighted by Gasteiger charge is 2.20. The molecule has 222 valence electrons. The molecule has 13 heteroatoms. The molecule has 0 amide bonds. The maximum absolute atomic E-state index is 15.1. The molecule has 0 atom stereocenters. The Kier molecular flexibility index (Phi) is 9.63. The number of aryl methyl sites for hydroxylation is 1. The van der Waals surface area contributed by atoms with Gasteiger partial charge in [-0.1, -0.05) is 5.18 Å². The first-order valence-electron chi connectivity index (χ1n) is 13.2. The number of ether oxygens (including phenoxy) is 1. The zero-order valence-electron chi connectivity index (χ0n) is 23.8. The lowest BCUT2D eigenvalue weighted by Crippen LogP contribution is -2.44. The predicted octanol–water partition coefficient (Wildman–Crippen LogP) is 6.26. The number of nitrogens with two attached hydrogens (primary N) is 1. The first kappa shape index (κ1) is 30.3. The van der Waals surface area contributed by atoms with Crippen molar-refractivity contribution in [2.45, 2.75) is 27.3 Å². The third-order valence-corrected chi connectivity index (χ3v) is 6.78. The molecule has 2 aromatic heterocycles. The van der Waals surface area contributed by atoms with Gasteiger partial charge in [-0.05, 0) is 58.2 Å². The molecule has 0 saturated carbocycles. The highest BCUT2D eigenvalue weighted by Crippen LogP contribution is 2.35. The zero-order chi connectivity index (χ0) is 30.4. The topological polar surface area (TPSA) is 125 Å². The molecule has 4 aromatic rings. The number of hydrogen-bond acceptors (Lipinski definition) is 9. The van der Waals surface area contributed by atoms with Gasteiger partial charge in [0.05, 0.1) is 11.1 Å². The number of rotatable bonds is 7. The quantitative estimate of drug-likeness (QED) is 0.218. The summed E-state index contributed by atoms with van der Waals surface area (Å²) in [5.41, 5.74) is 7.93. The smallest absolute Gasteiger partial charge is 0.229 e. The summed E-state index contributed by atoms with van der Waals surface area (Å²) in [6.45, 7) is 8.15. The second kappa shape index (κ2) is 13.3. The molecule has 0 aliphatic carbocycles. The van der Waals surface area contributed by atoms with E-state index in [1.807, 2.05) is 24.3 Å². The van der Waals surface area contributed by atoms with Crippen LogP contribution in [0.3, 0.4) is 0 Å². The number of piperazine rings is 1. The van der Waals surface area contributed by atoms with Crippen LogP contribution in [-0.2, 0) is 6.54 Å². The van der Waals surface area contributed by atoms with Crippen LogP contribution in [0.15, 0.2) is 59.4 Å². The molecule has 2 aromatic carbocycles. The van der Waals surface area contributed by atoms with E-state index in [0.717, 1.165) is 43.6 Å². The monoisotopic (exact) mass is 582 g/mol. The van der Waals surface area contributed by atoms with Crippen LogP contribution in [-0.4, -0.2) is 53.1 Å². The van der Waals surface area contributed by atoms with Crippen molar-refractivity contribution in [1.29, 1.82) is 0 Å². The standard InChI is InChI=1S/C25H25F2N7O2.C4H8FN/c1-15-11-18-22(27)21(12-20(26)23(18)31-15)36-25-19(13-30-35)24(28-14-29-25)32-16-3-5-17(6-4-16)34-9-7-33(2)8-10-34;1-3(5)4(2)6/h3-6,11-12,14,31H,7-10,13H2,1-2H3,(H,28,29,32);6H2,1-2H3/b;4-3-. The number of nitroso groups, excluding NO2 is 1. The number of fused-ring (bicyclic) bond motifs is 1. The van der Waals surface area contributed by atoms with Crippen LogP contribution in [0, 0.1) is 23.5 Å². The van der Waals surface area contributed by atoms with Gasteiger partial charge in [0.15, 0.2) is 17.4 Å². The van der Waals surface area contributed by atoms with Crippen molar-refractivity contribution in [3.8, 4) is 11.6 Å². The summed E-state index contributed by atoms with van der Waals surface area (Å²) in [7, 11) is 2.11. The van der Waals surface area contributed by atoms with Crippen molar-refractivity contribution in [1.82, 2.24) is 19.9 Å². The van der Waals surface area contributed by atoms with Crippen LogP contribution in [0.25, 0.3) is 10.9 Å². The first-order chi connectivity index (χ1) is 20.1. The highest BCUT2D eigenvalue weighted by molar-refractivity contribution is 5.83. The maximum atomic E-state index is 15.1. The average Bonchev–Trinajstić information content (AvgIpc) is 3.37. The first-order valence-corrected chi connectivity index (χ1v) is 13.2. The molecule has 1 saturated heterocycles. The number of aromatic nitrogens is 3. The number of hydrogen-bond donors (Lipinski definition) is 3. The number of halogens is 3. The molecule has 1 aliphatic heterocycles. The van der Waals surface area contributed by atoms with Crippen LogP contribution in [0.1, 0.15) is 25.1 Å². The van der Waals surface area contributed by atoms with Gasteiger partial charge in [0.25, 0.3) is 0 Å². The van der Waals surface area contributed by atoms with Crippen LogP contribution < -0.4 is 20.7 Å². The van der Waals surface area contributed by atoms with Gasteiger partial charge in [-0.2, -0.15) is 4.91 Å². The average molecular weight is 583 g/mol. The van der Waals surface area contributed by atoms with Gasteiger partial charge < -0.3 is 30.6 Å². The summed E-state index contributed by atoms with van der Waals surface area (Å²) < 4.78 is 46.8. The molecular formula is C29H33F3N8O2. The largest absolute Gasteiger partial charge is 0.435 e. The van der Waals surface area contributed by atoms with E-state index in [4.69, 9.17) is 10.5 Å². The second-order valence-electron chi connectivity index (χ2n) is 9.99. The Morgan fingerprint density at radius 2 is 1.79 bits per heavy atom. The Hall–Kier alpha value is -4.65. The number of nitrogens with one attached hydrogen (secondary N) is 2. The van der Waals surface area contributed by atoms with Crippen molar-refractivity contribution >= 4 is 28.1 Å². The molecule has 1 aliphatic rings. The van der Waals surface area contributed by atoms with Gasteiger partial charge in [0.1, 0.15) is 24.5 Å². The molecule has 0 radical (unpaired) electrons. The Balaban J connectivity index is 0.000000612.